The molecule has 1 heterocycles. The normalized spacial score (nSPS) is 11.3. The molecule has 0 aliphatic carbocycles. The summed E-state index contributed by atoms with van der Waals surface area (Å²) in [4.78, 5) is 45.6. The van der Waals surface area contributed by atoms with E-state index in [0.717, 1.165) is 23.6 Å². The summed E-state index contributed by atoms with van der Waals surface area (Å²) < 4.78 is 6.51. The van der Waals surface area contributed by atoms with Crippen molar-refractivity contribution in [1.82, 2.24) is 4.57 Å². The number of hydrogen-bond acceptors (Lipinski definition) is 9. The summed E-state index contributed by atoms with van der Waals surface area (Å²) in [6, 6.07) is 11.5. The van der Waals surface area contributed by atoms with Gasteiger partial charge in [0.2, 0.25) is 0 Å². The van der Waals surface area contributed by atoms with Crippen LogP contribution in [0.15, 0.2) is 58.4 Å². The lowest BCUT2D eigenvalue weighted by molar-refractivity contribution is -0.393. The topological polar surface area (TPSA) is 159 Å². The summed E-state index contributed by atoms with van der Waals surface area (Å²) in [5.41, 5.74) is 1.98. The van der Waals surface area contributed by atoms with E-state index in [4.69, 9.17) is 4.74 Å². The van der Waals surface area contributed by atoms with E-state index in [-0.39, 0.29) is 30.0 Å². The van der Waals surface area contributed by atoms with Crippen LogP contribution in [0.4, 0.5) is 17.1 Å². The Balaban J connectivity index is 2.04. The quantitative estimate of drug-likeness (QED) is 0.236. The number of carbonyl (C=O) groups excluding carboxylic acids is 1. The average Bonchev–Trinajstić information content (AvgIpc) is 2.79. The van der Waals surface area contributed by atoms with Crippen LogP contribution in [0.25, 0.3) is 10.9 Å². The first kappa shape index (κ1) is 23.1. The van der Waals surface area contributed by atoms with Gasteiger partial charge in [-0.25, -0.2) is 4.79 Å². The largest absolute Gasteiger partial charge is 0.461 e. The highest BCUT2D eigenvalue weighted by molar-refractivity contribution is 6.37. The van der Waals surface area contributed by atoms with Gasteiger partial charge in [0.15, 0.2) is 0 Å². The minimum absolute atomic E-state index is 0.0623. The van der Waals surface area contributed by atoms with Crippen LogP contribution in [-0.4, -0.2) is 32.7 Å². The van der Waals surface area contributed by atoms with E-state index in [0.29, 0.717) is 11.1 Å². The first-order chi connectivity index (χ1) is 15.7. The van der Waals surface area contributed by atoms with Gasteiger partial charge in [-0.2, -0.15) is 5.10 Å². The molecule has 0 saturated heterocycles. The van der Waals surface area contributed by atoms with E-state index in [1.54, 1.807) is 38.2 Å². The number of esters is 1. The van der Waals surface area contributed by atoms with E-state index < -0.39 is 27.2 Å². The van der Waals surface area contributed by atoms with Crippen molar-refractivity contribution in [3.63, 3.8) is 0 Å². The zero-order chi connectivity index (χ0) is 24.1. The molecule has 3 rings (SSSR count). The zero-order valence-corrected chi connectivity index (χ0v) is 17.7. The van der Waals surface area contributed by atoms with Crippen molar-refractivity contribution in [3.8, 4) is 0 Å². The number of pyridine rings is 1. The van der Waals surface area contributed by atoms with Crippen LogP contribution in [0, 0.1) is 20.2 Å². The summed E-state index contributed by atoms with van der Waals surface area (Å²) in [6.07, 6.45) is -0.0940. The molecule has 0 aliphatic heterocycles. The predicted octanol–water partition coefficient (Wildman–Crippen LogP) is 2.93. The van der Waals surface area contributed by atoms with Crippen LogP contribution < -0.4 is 11.0 Å². The van der Waals surface area contributed by atoms with Gasteiger partial charge in [0, 0.05) is 31.0 Å². The monoisotopic (exact) mass is 453 g/mol. The number of aromatic nitrogens is 1. The molecular weight excluding hydrogens is 434 g/mol. The second-order valence-corrected chi connectivity index (χ2v) is 6.87. The number of hydrazone groups is 1. The van der Waals surface area contributed by atoms with Gasteiger partial charge < -0.3 is 9.30 Å². The Morgan fingerprint density at radius 3 is 2.52 bits per heavy atom. The van der Waals surface area contributed by atoms with Crippen molar-refractivity contribution in [2.24, 2.45) is 12.1 Å². The second-order valence-electron chi connectivity index (χ2n) is 6.87. The number of ether oxygens (including phenoxy) is 1. The van der Waals surface area contributed by atoms with Crippen LogP contribution in [0.5, 0.6) is 0 Å². The molecule has 1 aromatic heterocycles. The fourth-order valence-corrected chi connectivity index (χ4v) is 3.19. The maximum atomic E-state index is 12.5. The Morgan fingerprint density at radius 2 is 1.85 bits per heavy atom. The van der Waals surface area contributed by atoms with Gasteiger partial charge in [-0.3, -0.25) is 30.4 Å². The molecule has 12 nitrogen and oxygen atoms in total. The molecule has 0 atom stereocenters. The van der Waals surface area contributed by atoms with Crippen LogP contribution in [0.2, 0.25) is 0 Å². The smallest absolute Gasteiger partial charge is 0.354 e. The van der Waals surface area contributed by atoms with Gasteiger partial charge in [-0.15, -0.1) is 0 Å². The number of anilines is 1. The fraction of sp³-hybridized carbons (Fsp3) is 0.190. The lowest BCUT2D eigenvalue weighted by Crippen LogP contribution is -2.24. The number of benzene rings is 2. The summed E-state index contributed by atoms with van der Waals surface area (Å²) >= 11 is 0. The Morgan fingerprint density at radius 1 is 1.12 bits per heavy atom. The molecule has 0 aliphatic rings. The van der Waals surface area contributed by atoms with Crippen molar-refractivity contribution in [1.29, 1.82) is 0 Å². The van der Waals surface area contributed by atoms with Crippen molar-refractivity contribution in [2.45, 2.75) is 13.3 Å². The van der Waals surface area contributed by atoms with E-state index in [2.05, 4.69) is 10.5 Å². The maximum absolute atomic E-state index is 12.5. The average molecular weight is 453 g/mol. The molecule has 3 aromatic rings. The van der Waals surface area contributed by atoms with Gasteiger partial charge in [-0.05, 0) is 24.6 Å². The number of hydrogen-bond donors (Lipinski definition) is 1. The van der Waals surface area contributed by atoms with E-state index in [1.807, 2.05) is 0 Å². The first-order valence-corrected chi connectivity index (χ1v) is 9.73. The first-order valence-electron chi connectivity index (χ1n) is 9.73. The van der Waals surface area contributed by atoms with Crippen LogP contribution in [0.3, 0.4) is 0 Å². The molecule has 0 spiro atoms. The molecule has 0 radical (unpaired) electrons. The summed E-state index contributed by atoms with van der Waals surface area (Å²) in [6.45, 7) is 1.67. The molecule has 0 fully saturated rings. The minimum Gasteiger partial charge on any atom is -0.461 e. The number of rotatable bonds is 8. The highest BCUT2D eigenvalue weighted by Gasteiger charge is 2.21. The summed E-state index contributed by atoms with van der Waals surface area (Å²) in [5.74, 6) is -0.778. The second kappa shape index (κ2) is 9.68. The molecule has 0 unspecified atom stereocenters. The van der Waals surface area contributed by atoms with Gasteiger partial charge in [0.05, 0.1) is 28.0 Å². The van der Waals surface area contributed by atoms with Gasteiger partial charge in [0.1, 0.15) is 11.4 Å². The van der Waals surface area contributed by atoms with Crippen molar-refractivity contribution >= 4 is 39.6 Å². The van der Waals surface area contributed by atoms with Gasteiger partial charge in [0.25, 0.3) is 11.2 Å². The molecular formula is C21H19N5O7. The van der Waals surface area contributed by atoms with E-state index in [9.17, 15) is 29.8 Å². The third kappa shape index (κ3) is 5.01. The summed E-state index contributed by atoms with van der Waals surface area (Å²) in [7, 11) is 1.63. The number of carbonyl (C=O) groups is 1. The van der Waals surface area contributed by atoms with Crippen molar-refractivity contribution < 1.29 is 19.4 Å². The minimum atomic E-state index is -0.802. The van der Waals surface area contributed by atoms with Crippen LogP contribution in [0.1, 0.15) is 12.5 Å². The molecule has 170 valence electrons. The van der Waals surface area contributed by atoms with Gasteiger partial charge >= 0.3 is 11.7 Å². The van der Waals surface area contributed by atoms with E-state index >= 15 is 0 Å². The van der Waals surface area contributed by atoms with Crippen molar-refractivity contribution in [3.05, 3.63) is 84.7 Å². The molecule has 12 heteroatoms. The molecule has 0 amide bonds. The Kier molecular flexibility index (Phi) is 6.77. The predicted molar refractivity (Wildman–Crippen MR) is 120 cm³/mol. The zero-order valence-electron chi connectivity index (χ0n) is 17.7. The van der Waals surface area contributed by atoms with Crippen LogP contribution >= 0.6 is 0 Å². The highest BCUT2D eigenvalue weighted by Crippen LogP contribution is 2.29. The number of fused-ring (bicyclic) bond motifs is 1. The lowest BCUT2D eigenvalue weighted by atomic mass is 10.0. The van der Waals surface area contributed by atoms with Crippen LogP contribution in [-0.2, 0) is 23.0 Å². The number of nitrogens with one attached hydrogen (secondary N) is 1. The molecule has 2 aromatic carbocycles. The Labute approximate surface area is 186 Å². The molecule has 0 saturated carbocycles. The standard InChI is InChI=1S/C21H19N5O7/c1-3-33-21(28)17(10-13-11-20(27)24(2)18-7-5-4-6-15(13)18)23-22-16-9-8-14(25(29)30)12-19(16)26(31)32/h4-9,11-12,22H,3,10H2,1-2H3. The van der Waals surface area contributed by atoms with Crippen molar-refractivity contribution in [2.75, 3.05) is 12.0 Å². The third-order valence-corrected chi connectivity index (χ3v) is 4.81. The number of nitrogens with zero attached hydrogens (tertiary/aromatic N) is 4. The molecule has 0 bridgehead atoms. The highest BCUT2D eigenvalue weighted by atomic mass is 16.6. The number of nitro groups is 2. The molecule has 1 N–H and O–H groups in total. The summed E-state index contributed by atoms with van der Waals surface area (Å²) in [5, 5.41) is 27.0. The SMILES string of the molecule is CCOC(=O)C(Cc1cc(=O)n(C)c2ccccc12)=NNc1ccc([N+](=O)[O-])cc1[N+](=O)[O-]. The Bertz CT molecular complexity index is 1350. The number of nitro benzene ring substituents is 2. The van der Waals surface area contributed by atoms with E-state index in [1.165, 1.54) is 10.6 Å². The number of aryl methyl sites for hydroxylation is 1. The number of non-ortho nitro benzene ring substituents is 1. The van der Waals surface area contributed by atoms with Gasteiger partial charge in [-0.1, -0.05) is 18.2 Å². The maximum Gasteiger partial charge on any atom is 0.354 e. The Hall–Kier alpha value is -4.61. The molecule has 33 heavy (non-hydrogen) atoms. The fourth-order valence-electron chi connectivity index (χ4n) is 3.19. The third-order valence-electron chi connectivity index (χ3n) is 4.81. The lowest BCUT2D eigenvalue weighted by Gasteiger charge is -2.12. The number of para-hydroxylation sites is 1.